The fourth-order valence-corrected chi connectivity index (χ4v) is 2.89. The third kappa shape index (κ3) is 3.89. The van der Waals surface area contributed by atoms with E-state index in [0.29, 0.717) is 23.9 Å². The smallest absolute Gasteiger partial charge is 0.274 e. The molecule has 0 aliphatic heterocycles. The van der Waals surface area contributed by atoms with E-state index < -0.39 is 0 Å². The summed E-state index contributed by atoms with van der Waals surface area (Å²) in [5.41, 5.74) is 2.05. The molecule has 6 heteroatoms. The highest BCUT2D eigenvalue weighted by molar-refractivity contribution is 6.32. The monoisotopic (exact) mass is 369 g/mol. The van der Waals surface area contributed by atoms with Gasteiger partial charge in [-0.05, 0) is 31.2 Å². The molecule has 0 bridgehead atoms. The Morgan fingerprint density at radius 3 is 2.65 bits per heavy atom. The van der Waals surface area contributed by atoms with Crippen molar-refractivity contribution >= 4 is 17.5 Å². The van der Waals surface area contributed by atoms with Gasteiger partial charge >= 0.3 is 0 Å². The summed E-state index contributed by atoms with van der Waals surface area (Å²) in [5.74, 6) is 0.623. The maximum Gasteiger partial charge on any atom is 0.274 e. The summed E-state index contributed by atoms with van der Waals surface area (Å²) in [7, 11) is 1.75. The van der Waals surface area contributed by atoms with Crippen molar-refractivity contribution in [3.8, 4) is 11.4 Å². The topological polar surface area (TPSA) is 47.4 Å². The Morgan fingerprint density at radius 1 is 1.15 bits per heavy atom. The average Bonchev–Trinajstić information content (AvgIpc) is 3.13. The van der Waals surface area contributed by atoms with Crippen LogP contribution < -0.4 is 4.74 Å². The number of rotatable bonds is 6. The number of ether oxygens (including phenoxy) is 1. The van der Waals surface area contributed by atoms with Crippen molar-refractivity contribution < 1.29 is 9.53 Å². The van der Waals surface area contributed by atoms with E-state index in [4.69, 9.17) is 16.3 Å². The zero-order valence-electron chi connectivity index (χ0n) is 14.7. The summed E-state index contributed by atoms with van der Waals surface area (Å²) in [5, 5.41) is 4.95. The molecule has 1 heterocycles. The number of hydrogen-bond acceptors (Lipinski definition) is 3. The first-order valence-corrected chi connectivity index (χ1v) is 8.74. The molecule has 2 aromatic carbocycles. The third-order valence-electron chi connectivity index (χ3n) is 3.93. The van der Waals surface area contributed by atoms with Crippen LogP contribution >= 0.6 is 11.6 Å². The second-order valence-corrected chi connectivity index (χ2v) is 6.21. The largest absolute Gasteiger partial charge is 0.494 e. The van der Waals surface area contributed by atoms with E-state index >= 15 is 0 Å². The van der Waals surface area contributed by atoms with Crippen LogP contribution in [0.1, 0.15) is 23.0 Å². The molecule has 1 amide bonds. The molecule has 0 fully saturated rings. The van der Waals surface area contributed by atoms with Crippen LogP contribution in [0, 0.1) is 0 Å². The van der Waals surface area contributed by atoms with E-state index in [1.54, 1.807) is 35.0 Å². The molecule has 134 valence electrons. The second kappa shape index (κ2) is 8.06. The van der Waals surface area contributed by atoms with Crippen molar-refractivity contribution in [2.45, 2.75) is 13.5 Å². The van der Waals surface area contributed by atoms with Crippen LogP contribution in [0.3, 0.4) is 0 Å². The van der Waals surface area contributed by atoms with Crippen molar-refractivity contribution in [3.63, 3.8) is 0 Å². The van der Waals surface area contributed by atoms with Crippen molar-refractivity contribution in [2.24, 2.45) is 0 Å². The molecule has 0 N–H and O–H groups in total. The third-order valence-corrected chi connectivity index (χ3v) is 4.25. The minimum absolute atomic E-state index is 0.165. The van der Waals surface area contributed by atoms with E-state index in [9.17, 15) is 4.79 Å². The molecule has 0 saturated carbocycles. The lowest BCUT2D eigenvalue weighted by Gasteiger charge is -2.18. The Bertz CT molecular complexity index is 907. The number of carbonyl (C=O) groups is 1. The highest BCUT2D eigenvalue weighted by Gasteiger charge is 2.17. The van der Waals surface area contributed by atoms with Crippen molar-refractivity contribution in [2.75, 3.05) is 13.7 Å². The van der Waals surface area contributed by atoms with Gasteiger partial charge in [-0.3, -0.25) is 4.79 Å². The summed E-state index contributed by atoms with van der Waals surface area (Å²) in [6, 6.07) is 16.8. The summed E-state index contributed by atoms with van der Waals surface area (Å²) >= 11 is 6.19. The summed E-state index contributed by atoms with van der Waals surface area (Å²) in [6.07, 6.45) is 1.73. The SMILES string of the molecule is CCOc1ccccc1CN(C)C(=O)c1ccn(-c2ccccc2Cl)n1. The second-order valence-electron chi connectivity index (χ2n) is 5.80. The van der Waals surface area contributed by atoms with Gasteiger partial charge in [0.2, 0.25) is 0 Å². The lowest BCUT2D eigenvalue weighted by molar-refractivity contribution is 0.0777. The number of aromatic nitrogens is 2. The minimum atomic E-state index is -0.165. The van der Waals surface area contributed by atoms with Crippen molar-refractivity contribution in [1.82, 2.24) is 14.7 Å². The Hall–Kier alpha value is -2.79. The van der Waals surface area contributed by atoms with Gasteiger partial charge in [-0.1, -0.05) is 41.9 Å². The van der Waals surface area contributed by atoms with E-state index in [0.717, 1.165) is 17.0 Å². The normalized spacial score (nSPS) is 10.6. The van der Waals surface area contributed by atoms with Gasteiger partial charge in [-0.2, -0.15) is 5.10 Å². The van der Waals surface area contributed by atoms with Gasteiger partial charge < -0.3 is 9.64 Å². The standard InChI is InChI=1S/C20H20ClN3O2/c1-3-26-19-11-7-4-8-15(19)14-23(2)20(25)17-12-13-24(22-17)18-10-6-5-9-16(18)21/h4-13H,3,14H2,1-2H3. The fraction of sp³-hybridized carbons (Fsp3) is 0.200. The molecule has 0 atom stereocenters. The van der Waals surface area contributed by atoms with Crippen LogP contribution in [0.4, 0.5) is 0 Å². The van der Waals surface area contributed by atoms with Crippen LogP contribution in [-0.2, 0) is 6.54 Å². The molecule has 3 aromatic rings. The summed E-state index contributed by atoms with van der Waals surface area (Å²) < 4.78 is 7.23. The Labute approximate surface area is 157 Å². The van der Waals surface area contributed by atoms with Crippen molar-refractivity contribution in [3.05, 3.63) is 77.1 Å². The van der Waals surface area contributed by atoms with E-state index in [-0.39, 0.29) is 5.91 Å². The number of hydrogen-bond donors (Lipinski definition) is 0. The van der Waals surface area contributed by atoms with Crippen LogP contribution in [0.2, 0.25) is 5.02 Å². The molecule has 3 rings (SSSR count). The molecule has 0 aliphatic carbocycles. The molecule has 5 nitrogen and oxygen atoms in total. The first kappa shape index (κ1) is 18.0. The molecule has 0 unspecified atom stereocenters. The maximum absolute atomic E-state index is 12.7. The zero-order valence-corrected chi connectivity index (χ0v) is 15.5. The predicted molar refractivity (Wildman–Crippen MR) is 102 cm³/mol. The van der Waals surface area contributed by atoms with Gasteiger partial charge in [0.1, 0.15) is 5.75 Å². The van der Waals surface area contributed by atoms with E-state index in [2.05, 4.69) is 5.10 Å². The van der Waals surface area contributed by atoms with Gasteiger partial charge in [0.25, 0.3) is 5.91 Å². The van der Waals surface area contributed by atoms with Crippen LogP contribution in [0.25, 0.3) is 5.69 Å². The Balaban J connectivity index is 1.77. The molecule has 0 saturated heterocycles. The van der Waals surface area contributed by atoms with Gasteiger partial charge in [-0.15, -0.1) is 0 Å². The Morgan fingerprint density at radius 2 is 1.88 bits per heavy atom. The first-order valence-electron chi connectivity index (χ1n) is 8.37. The number of amides is 1. The number of halogens is 1. The average molecular weight is 370 g/mol. The highest BCUT2D eigenvalue weighted by atomic mass is 35.5. The molecule has 0 radical (unpaired) electrons. The fourth-order valence-electron chi connectivity index (χ4n) is 2.66. The van der Waals surface area contributed by atoms with Gasteiger partial charge in [-0.25, -0.2) is 4.68 Å². The number of benzene rings is 2. The van der Waals surface area contributed by atoms with Crippen molar-refractivity contribution in [1.29, 1.82) is 0 Å². The zero-order chi connectivity index (χ0) is 18.5. The number of para-hydroxylation sites is 2. The molecule has 26 heavy (non-hydrogen) atoms. The molecular weight excluding hydrogens is 350 g/mol. The quantitative estimate of drug-likeness (QED) is 0.654. The van der Waals surface area contributed by atoms with E-state index in [1.807, 2.05) is 49.4 Å². The predicted octanol–water partition coefficient (Wildman–Crippen LogP) is 4.20. The van der Waals surface area contributed by atoms with Gasteiger partial charge in [0.15, 0.2) is 5.69 Å². The van der Waals surface area contributed by atoms with Gasteiger partial charge in [0.05, 0.1) is 17.3 Å². The summed E-state index contributed by atoms with van der Waals surface area (Å²) in [6.45, 7) is 2.96. The minimum Gasteiger partial charge on any atom is -0.494 e. The first-order chi connectivity index (χ1) is 12.6. The molecule has 0 spiro atoms. The molecule has 0 aliphatic rings. The maximum atomic E-state index is 12.7. The lowest BCUT2D eigenvalue weighted by atomic mass is 10.2. The van der Waals surface area contributed by atoms with Crippen LogP contribution in [0.15, 0.2) is 60.8 Å². The van der Waals surface area contributed by atoms with Gasteiger partial charge in [0, 0.05) is 25.4 Å². The lowest BCUT2D eigenvalue weighted by Crippen LogP contribution is -2.27. The number of nitrogens with zero attached hydrogens (tertiary/aromatic N) is 3. The molecule has 1 aromatic heterocycles. The highest BCUT2D eigenvalue weighted by Crippen LogP contribution is 2.21. The Kier molecular flexibility index (Phi) is 5.58. The molecular formula is C20H20ClN3O2. The summed E-state index contributed by atoms with van der Waals surface area (Å²) in [4.78, 5) is 14.3. The van der Waals surface area contributed by atoms with Crippen LogP contribution in [-0.4, -0.2) is 34.2 Å². The number of carbonyl (C=O) groups excluding carboxylic acids is 1. The van der Waals surface area contributed by atoms with Crippen LogP contribution in [0.5, 0.6) is 5.75 Å². The van der Waals surface area contributed by atoms with E-state index in [1.165, 1.54) is 0 Å².